The lowest BCUT2D eigenvalue weighted by molar-refractivity contribution is 0.533. The molecule has 0 amide bonds. The quantitative estimate of drug-likeness (QED) is 0.223. The van der Waals surface area contributed by atoms with Crippen molar-refractivity contribution in [3.63, 3.8) is 0 Å². The second-order valence-electron chi connectivity index (χ2n) is 8.40. The Morgan fingerprint density at radius 2 is 0.727 bits per heavy atom. The highest BCUT2D eigenvalue weighted by Gasteiger charge is 2.11. The summed E-state index contributed by atoms with van der Waals surface area (Å²) >= 11 is 0. The van der Waals surface area contributed by atoms with Gasteiger partial charge in [-0.3, -0.25) is 0 Å². The van der Waals surface area contributed by atoms with Crippen LogP contribution >= 0.6 is 0 Å². The van der Waals surface area contributed by atoms with E-state index >= 15 is 0 Å². The Hall–Kier alpha value is 0.177. The highest BCUT2D eigenvalue weighted by molar-refractivity contribution is 6.76. The molecule has 0 saturated carbocycles. The molecule has 0 aliphatic heterocycles. The predicted molar refractivity (Wildman–Crippen MR) is 106 cm³/mol. The number of hydrogen-bond donors (Lipinski definition) is 1. The van der Waals surface area contributed by atoms with Gasteiger partial charge in [0.1, 0.15) is 0 Å². The summed E-state index contributed by atoms with van der Waals surface area (Å²) in [5.41, 5.74) is 5.50. The molecule has 1 nitrogen and oxygen atoms in total. The lowest BCUT2D eigenvalue weighted by Gasteiger charge is -2.14. The third kappa shape index (κ3) is 20.2. The Morgan fingerprint density at radius 3 is 1.00 bits per heavy atom. The highest BCUT2D eigenvalue weighted by atomic mass is 28.3. The molecule has 0 aromatic carbocycles. The monoisotopic (exact) mass is 327 g/mol. The van der Waals surface area contributed by atoms with Gasteiger partial charge in [-0.25, -0.2) is 0 Å². The first-order valence-electron chi connectivity index (χ1n) is 10.3. The van der Waals surface area contributed by atoms with Crippen molar-refractivity contribution in [3.05, 3.63) is 0 Å². The minimum Gasteiger partial charge on any atom is -0.330 e. The van der Waals surface area contributed by atoms with Crippen molar-refractivity contribution >= 4 is 8.07 Å². The molecular formula is C20H45NSi. The summed E-state index contributed by atoms with van der Waals surface area (Å²) in [5, 5.41) is 0. The van der Waals surface area contributed by atoms with E-state index in [1.54, 1.807) is 0 Å². The third-order valence-corrected chi connectivity index (χ3v) is 6.48. The van der Waals surface area contributed by atoms with E-state index in [0.29, 0.717) is 0 Å². The Labute approximate surface area is 142 Å². The normalized spacial score (nSPS) is 12.0. The number of rotatable bonds is 17. The number of nitrogens with two attached hydrogens (primary N) is 1. The average molecular weight is 328 g/mol. The van der Waals surface area contributed by atoms with Gasteiger partial charge in [-0.05, 0) is 13.0 Å². The van der Waals surface area contributed by atoms with Gasteiger partial charge < -0.3 is 5.73 Å². The molecule has 0 aromatic heterocycles. The number of unbranched alkanes of at least 4 members (excludes halogenated alkanes) is 14. The Morgan fingerprint density at radius 1 is 0.455 bits per heavy atom. The van der Waals surface area contributed by atoms with E-state index in [1.165, 1.54) is 102 Å². The van der Waals surface area contributed by atoms with Gasteiger partial charge in [-0.1, -0.05) is 116 Å². The predicted octanol–water partition coefficient (Wildman–Crippen LogP) is 7.13. The minimum atomic E-state index is -0.770. The molecule has 0 saturated heterocycles. The molecule has 2 heteroatoms. The van der Waals surface area contributed by atoms with Crippen molar-refractivity contribution in [2.45, 2.75) is 122 Å². The van der Waals surface area contributed by atoms with Gasteiger partial charge in [0.05, 0.1) is 0 Å². The topological polar surface area (TPSA) is 26.0 Å². The lowest BCUT2D eigenvalue weighted by atomic mass is 10.0. The summed E-state index contributed by atoms with van der Waals surface area (Å²) in [7, 11) is -0.770. The standard InChI is InChI=1S/C20H45NSi/c1-22(2,3)20-18-16-14-12-10-8-6-4-5-7-9-11-13-15-17-19-21/h4-21H2,1-3H3. The van der Waals surface area contributed by atoms with Gasteiger partial charge in [0.25, 0.3) is 0 Å². The summed E-state index contributed by atoms with van der Waals surface area (Å²) in [4.78, 5) is 0. The molecule has 0 radical (unpaired) electrons. The van der Waals surface area contributed by atoms with Crippen LogP contribution in [0.5, 0.6) is 0 Å². The van der Waals surface area contributed by atoms with E-state index in [-0.39, 0.29) is 0 Å². The maximum atomic E-state index is 5.50. The zero-order valence-corrected chi connectivity index (χ0v) is 17.1. The van der Waals surface area contributed by atoms with Crippen LogP contribution in [0.3, 0.4) is 0 Å². The van der Waals surface area contributed by atoms with Gasteiger partial charge in [0.15, 0.2) is 0 Å². The van der Waals surface area contributed by atoms with Crippen LogP contribution in [-0.4, -0.2) is 14.6 Å². The SMILES string of the molecule is C[Si](C)(C)CCCCCCCCCCCCCCCCCN. The summed E-state index contributed by atoms with van der Waals surface area (Å²) in [5.74, 6) is 0. The third-order valence-electron chi connectivity index (χ3n) is 4.63. The van der Waals surface area contributed by atoms with E-state index < -0.39 is 8.07 Å². The van der Waals surface area contributed by atoms with Crippen LogP contribution in [0.2, 0.25) is 25.7 Å². The first-order chi connectivity index (χ1) is 10.6. The van der Waals surface area contributed by atoms with Crippen molar-refractivity contribution < 1.29 is 0 Å². The van der Waals surface area contributed by atoms with Crippen molar-refractivity contribution in [2.75, 3.05) is 6.54 Å². The molecule has 2 N–H and O–H groups in total. The summed E-state index contributed by atoms with van der Waals surface area (Å²) < 4.78 is 0. The van der Waals surface area contributed by atoms with Crippen LogP contribution in [0, 0.1) is 0 Å². The van der Waals surface area contributed by atoms with Crippen LogP contribution in [0.25, 0.3) is 0 Å². The second-order valence-corrected chi connectivity index (χ2v) is 14.0. The Bertz CT molecular complexity index is 210. The average Bonchev–Trinajstić information content (AvgIpc) is 2.45. The van der Waals surface area contributed by atoms with E-state index in [9.17, 15) is 0 Å². The molecule has 0 fully saturated rings. The number of hydrogen-bond acceptors (Lipinski definition) is 1. The molecule has 22 heavy (non-hydrogen) atoms. The smallest absolute Gasteiger partial charge is 0.0442 e. The van der Waals surface area contributed by atoms with Gasteiger partial charge in [-0.15, -0.1) is 0 Å². The largest absolute Gasteiger partial charge is 0.330 e. The molecule has 134 valence electrons. The fourth-order valence-electron chi connectivity index (χ4n) is 3.10. The molecule has 0 rings (SSSR count). The van der Waals surface area contributed by atoms with E-state index in [0.717, 1.165) is 6.54 Å². The molecule has 0 bridgehead atoms. The molecule has 0 atom stereocenters. The van der Waals surface area contributed by atoms with Crippen LogP contribution in [0.4, 0.5) is 0 Å². The van der Waals surface area contributed by atoms with Crippen LogP contribution in [0.15, 0.2) is 0 Å². The van der Waals surface area contributed by atoms with Gasteiger partial charge in [-0.2, -0.15) is 0 Å². The zero-order valence-electron chi connectivity index (χ0n) is 16.1. The van der Waals surface area contributed by atoms with Crippen molar-refractivity contribution in [2.24, 2.45) is 5.73 Å². The van der Waals surface area contributed by atoms with Crippen LogP contribution in [0.1, 0.15) is 96.3 Å². The van der Waals surface area contributed by atoms with Gasteiger partial charge in [0.2, 0.25) is 0 Å². The van der Waals surface area contributed by atoms with Crippen LogP contribution in [-0.2, 0) is 0 Å². The maximum absolute atomic E-state index is 5.50. The lowest BCUT2D eigenvalue weighted by Crippen LogP contribution is -2.18. The molecule has 0 aromatic rings. The first-order valence-corrected chi connectivity index (χ1v) is 14.0. The molecular weight excluding hydrogens is 282 g/mol. The summed E-state index contributed by atoms with van der Waals surface area (Å²) in [6.07, 6.45) is 21.6. The van der Waals surface area contributed by atoms with E-state index in [4.69, 9.17) is 5.73 Å². The van der Waals surface area contributed by atoms with Crippen molar-refractivity contribution in [1.29, 1.82) is 0 Å². The maximum Gasteiger partial charge on any atom is 0.0442 e. The second kappa shape index (κ2) is 16.0. The minimum absolute atomic E-state index is 0.770. The van der Waals surface area contributed by atoms with Gasteiger partial charge >= 0.3 is 0 Å². The zero-order chi connectivity index (χ0) is 16.5. The van der Waals surface area contributed by atoms with Crippen molar-refractivity contribution in [3.8, 4) is 0 Å². The fourth-order valence-corrected chi connectivity index (χ4v) is 4.41. The molecule has 0 aliphatic rings. The van der Waals surface area contributed by atoms with E-state index in [1.807, 2.05) is 0 Å². The molecule has 0 heterocycles. The molecule has 0 unspecified atom stereocenters. The first kappa shape index (κ1) is 22.2. The van der Waals surface area contributed by atoms with E-state index in [2.05, 4.69) is 19.6 Å². The summed E-state index contributed by atoms with van der Waals surface area (Å²) in [6, 6.07) is 1.53. The Balaban J connectivity index is 3.00. The summed E-state index contributed by atoms with van der Waals surface area (Å²) in [6.45, 7) is 8.35. The van der Waals surface area contributed by atoms with Crippen molar-refractivity contribution in [1.82, 2.24) is 0 Å². The fraction of sp³-hybridized carbons (Fsp3) is 1.00. The van der Waals surface area contributed by atoms with Crippen LogP contribution < -0.4 is 5.73 Å². The van der Waals surface area contributed by atoms with Gasteiger partial charge in [0, 0.05) is 8.07 Å². The molecule has 0 aliphatic carbocycles. The highest BCUT2D eigenvalue weighted by Crippen LogP contribution is 2.16. The Kier molecular flexibility index (Phi) is 16.2. The molecule has 0 spiro atoms.